The highest BCUT2D eigenvalue weighted by Gasteiger charge is 2.15. The van der Waals surface area contributed by atoms with Gasteiger partial charge in [0.25, 0.3) is 0 Å². The van der Waals surface area contributed by atoms with Crippen LogP contribution in [0.5, 0.6) is 5.75 Å². The van der Waals surface area contributed by atoms with Gasteiger partial charge in [0.15, 0.2) is 0 Å². The third kappa shape index (κ3) is 5.40. The lowest BCUT2D eigenvalue weighted by molar-refractivity contribution is -0.312. The largest absolute Gasteiger partial charge is 0.491 e. The third-order valence-corrected chi connectivity index (χ3v) is 3.77. The number of carboxylic acid groups (broad SMARTS) is 1. The molecule has 0 atom stereocenters. The molecule has 0 spiro atoms. The Hall–Kier alpha value is -0.630. The predicted octanol–water partition coefficient (Wildman–Crippen LogP) is 4.04. The maximum absolute atomic E-state index is 10.8. The molecule has 1 aromatic rings. The van der Waals surface area contributed by atoms with Crippen molar-refractivity contribution in [1.82, 2.24) is 0 Å². The average molecular weight is 412 g/mol. The second kappa shape index (κ2) is 9.33. The van der Waals surface area contributed by atoms with E-state index in [0.717, 1.165) is 30.5 Å². The number of hydrogen-bond donors (Lipinski definition) is 1. The van der Waals surface area contributed by atoms with Gasteiger partial charge in [-0.25, -0.2) is 14.6 Å². The molecule has 0 radical (unpaired) electrons. The Balaban J connectivity index is 0.000000276. The predicted molar refractivity (Wildman–Crippen MR) is 81.1 cm³/mol. The Bertz CT molecular complexity index is 435. The number of aromatic carboxylic acids is 1. The molecule has 1 fully saturated rings. The Morgan fingerprint density at radius 2 is 1.90 bits per heavy atom. The van der Waals surface area contributed by atoms with Crippen molar-refractivity contribution in [2.24, 2.45) is 0 Å². The molecule has 1 aliphatic heterocycles. The fraction of sp³-hybridized carbons (Fsp3) is 0.462. The molecule has 112 valence electrons. The number of hydrogen-bond acceptors (Lipinski definition) is 4. The number of benzene rings is 1. The molecule has 1 N–H and O–H groups in total. The summed E-state index contributed by atoms with van der Waals surface area (Å²) >= 11 is 6.48. The second-order valence-electron chi connectivity index (χ2n) is 3.83. The number of rotatable bonds is 3. The molecule has 1 heterocycles. The van der Waals surface area contributed by atoms with Gasteiger partial charge in [-0.15, -0.1) is 0 Å². The van der Waals surface area contributed by atoms with Crippen molar-refractivity contribution in [2.45, 2.75) is 19.8 Å². The molecule has 0 unspecified atom stereocenters. The van der Waals surface area contributed by atoms with E-state index in [1.54, 1.807) is 6.07 Å². The average Bonchev–Trinajstić information content (AvgIpc) is 2.45. The Morgan fingerprint density at radius 1 is 1.30 bits per heavy atom. The summed E-state index contributed by atoms with van der Waals surface area (Å²) in [7, 11) is 0. The lowest BCUT2D eigenvalue weighted by Crippen LogP contribution is -2.05. The molecule has 0 amide bonds. The van der Waals surface area contributed by atoms with Gasteiger partial charge in [-0.1, -0.05) is 0 Å². The summed E-state index contributed by atoms with van der Waals surface area (Å²) in [5.74, 6) is -0.460. The molecule has 0 aromatic heterocycles. The molecule has 1 saturated heterocycles. The molecular formula is C13H16Br2O5. The first-order valence-electron chi connectivity index (χ1n) is 6.16. The van der Waals surface area contributed by atoms with E-state index >= 15 is 0 Å². The van der Waals surface area contributed by atoms with Crippen LogP contribution < -0.4 is 4.74 Å². The highest BCUT2D eigenvalue weighted by atomic mass is 79.9. The fourth-order valence-electron chi connectivity index (χ4n) is 1.41. The van der Waals surface area contributed by atoms with Gasteiger partial charge in [0.1, 0.15) is 5.75 Å². The van der Waals surface area contributed by atoms with Gasteiger partial charge in [0.05, 0.1) is 34.3 Å². The van der Waals surface area contributed by atoms with Gasteiger partial charge >= 0.3 is 5.97 Å². The zero-order chi connectivity index (χ0) is 15.0. The summed E-state index contributed by atoms with van der Waals surface area (Å²) in [5, 5.41) is 8.85. The van der Waals surface area contributed by atoms with Crippen molar-refractivity contribution >= 4 is 37.8 Å². The molecule has 0 bridgehead atoms. The smallest absolute Gasteiger partial charge is 0.336 e. The molecule has 20 heavy (non-hydrogen) atoms. The van der Waals surface area contributed by atoms with Gasteiger partial charge in [-0.05, 0) is 63.8 Å². The molecule has 2 rings (SSSR count). The summed E-state index contributed by atoms with van der Waals surface area (Å²) in [5.41, 5.74) is 0.191. The van der Waals surface area contributed by atoms with E-state index in [1.807, 2.05) is 6.92 Å². The highest BCUT2D eigenvalue weighted by Crippen LogP contribution is 2.36. The summed E-state index contributed by atoms with van der Waals surface area (Å²) in [6.45, 7) is 3.88. The van der Waals surface area contributed by atoms with Gasteiger partial charge in [-0.3, -0.25) is 0 Å². The van der Waals surface area contributed by atoms with Crippen LogP contribution in [-0.4, -0.2) is 30.9 Å². The molecule has 0 aliphatic carbocycles. The normalized spacial score (nSPS) is 14.2. The molecule has 1 aromatic carbocycles. The third-order valence-electron chi connectivity index (χ3n) is 2.36. The minimum Gasteiger partial charge on any atom is -0.491 e. The van der Waals surface area contributed by atoms with E-state index in [0.29, 0.717) is 16.8 Å². The van der Waals surface area contributed by atoms with E-state index in [-0.39, 0.29) is 5.56 Å². The van der Waals surface area contributed by atoms with Crippen molar-refractivity contribution in [2.75, 3.05) is 19.8 Å². The Labute approximate surface area is 134 Å². The zero-order valence-electron chi connectivity index (χ0n) is 11.0. The fourth-order valence-corrected chi connectivity index (χ4v) is 2.75. The quantitative estimate of drug-likeness (QED) is 0.760. The first-order chi connectivity index (χ1) is 9.57. The van der Waals surface area contributed by atoms with Crippen LogP contribution in [0, 0.1) is 0 Å². The molecular weight excluding hydrogens is 396 g/mol. The van der Waals surface area contributed by atoms with Crippen LogP contribution in [-0.2, 0) is 9.78 Å². The number of halogens is 2. The highest BCUT2D eigenvalue weighted by molar-refractivity contribution is 9.11. The molecule has 5 nitrogen and oxygen atoms in total. The van der Waals surface area contributed by atoms with Crippen LogP contribution >= 0.6 is 31.9 Å². The molecule has 1 aliphatic rings. The van der Waals surface area contributed by atoms with Crippen molar-refractivity contribution in [3.63, 3.8) is 0 Å². The second-order valence-corrected chi connectivity index (χ2v) is 5.47. The zero-order valence-corrected chi connectivity index (χ0v) is 14.2. The van der Waals surface area contributed by atoms with E-state index in [9.17, 15) is 4.79 Å². The SMILES string of the molecule is C1CCOOC1.CCOc1c(Br)ccc(C(=O)O)c1Br. The Morgan fingerprint density at radius 3 is 2.30 bits per heavy atom. The molecule has 7 heteroatoms. The minimum atomic E-state index is -0.981. The van der Waals surface area contributed by atoms with Crippen LogP contribution in [0.15, 0.2) is 21.1 Å². The maximum atomic E-state index is 10.8. The summed E-state index contributed by atoms with van der Waals surface area (Å²) in [6.07, 6.45) is 2.31. The van der Waals surface area contributed by atoms with Crippen molar-refractivity contribution in [1.29, 1.82) is 0 Å². The van der Waals surface area contributed by atoms with E-state index in [4.69, 9.17) is 9.84 Å². The summed E-state index contributed by atoms with van der Waals surface area (Å²) in [4.78, 5) is 19.9. The van der Waals surface area contributed by atoms with Gasteiger partial charge in [0.2, 0.25) is 0 Å². The standard InChI is InChI=1S/C9H8Br2O3.C4H8O2/c1-2-14-8-6(10)4-3-5(7(8)11)9(12)13;1-2-4-6-5-3-1/h3-4H,2H2,1H3,(H,12,13);1-4H2. The van der Waals surface area contributed by atoms with E-state index in [1.165, 1.54) is 6.07 Å². The lowest BCUT2D eigenvalue weighted by atomic mass is 10.2. The summed E-state index contributed by atoms with van der Waals surface area (Å²) < 4.78 is 6.49. The maximum Gasteiger partial charge on any atom is 0.336 e. The number of carboxylic acids is 1. The lowest BCUT2D eigenvalue weighted by Gasteiger charge is -2.09. The van der Waals surface area contributed by atoms with Crippen molar-refractivity contribution in [3.8, 4) is 5.75 Å². The van der Waals surface area contributed by atoms with Crippen LogP contribution in [0.4, 0.5) is 0 Å². The van der Waals surface area contributed by atoms with E-state index in [2.05, 4.69) is 41.6 Å². The molecule has 0 saturated carbocycles. The van der Waals surface area contributed by atoms with Gasteiger partial charge < -0.3 is 9.84 Å². The topological polar surface area (TPSA) is 65.0 Å². The van der Waals surface area contributed by atoms with Crippen molar-refractivity contribution < 1.29 is 24.4 Å². The summed E-state index contributed by atoms with van der Waals surface area (Å²) in [6, 6.07) is 3.16. The van der Waals surface area contributed by atoms with Crippen LogP contribution in [0.3, 0.4) is 0 Å². The monoisotopic (exact) mass is 410 g/mol. The van der Waals surface area contributed by atoms with Crippen LogP contribution in [0.2, 0.25) is 0 Å². The first kappa shape index (κ1) is 17.4. The van der Waals surface area contributed by atoms with Crippen molar-refractivity contribution in [3.05, 3.63) is 26.6 Å². The number of ether oxygens (including phenoxy) is 1. The van der Waals surface area contributed by atoms with Gasteiger partial charge in [-0.2, -0.15) is 0 Å². The van der Waals surface area contributed by atoms with E-state index < -0.39 is 5.97 Å². The Kier molecular flexibility index (Phi) is 8.13. The minimum absolute atomic E-state index is 0.191. The van der Waals surface area contributed by atoms with Crippen LogP contribution in [0.25, 0.3) is 0 Å². The first-order valence-corrected chi connectivity index (χ1v) is 7.75. The van der Waals surface area contributed by atoms with Crippen LogP contribution in [0.1, 0.15) is 30.1 Å². The number of carbonyl (C=O) groups is 1. The van der Waals surface area contributed by atoms with Gasteiger partial charge in [0, 0.05) is 0 Å².